The molecule has 0 heterocycles. The highest BCUT2D eigenvalue weighted by Gasteiger charge is 2.06. The molecule has 0 aliphatic heterocycles. The zero-order chi connectivity index (χ0) is 17.4. The molecule has 0 aliphatic rings. The van der Waals surface area contributed by atoms with Crippen molar-refractivity contribution in [2.75, 3.05) is 14.2 Å². The van der Waals surface area contributed by atoms with Crippen molar-refractivity contribution < 1.29 is 13.9 Å². The standard InChI is InChI=1S/C17H18FN3O2S/c1-19-17(24)21-20-10-13-5-8-15(16(9-13)22-2)23-11-12-3-6-14(18)7-4-12/h3-10H,11H2,1-2H3,(H2,19,21,24)/b20-10-. The first-order valence-corrected chi connectivity index (χ1v) is 7.59. The lowest BCUT2D eigenvalue weighted by atomic mass is 10.2. The van der Waals surface area contributed by atoms with E-state index in [1.807, 2.05) is 6.07 Å². The zero-order valence-corrected chi connectivity index (χ0v) is 14.2. The first kappa shape index (κ1) is 17.7. The number of hydrogen-bond acceptors (Lipinski definition) is 4. The van der Waals surface area contributed by atoms with Gasteiger partial charge >= 0.3 is 0 Å². The Hall–Kier alpha value is -2.67. The van der Waals surface area contributed by atoms with Gasteiger partial charge in [-0.1, -0.05) is 12.1 Å². The third-order valence-corrected chi connectivity index (χ3v) is 3.40. The van der Waals surface area contributed by atoms with Crippen molar-refractivity contribution in [2.24, 2.45) is 5.10 Å². The third-order valence-electron chi connectivity index (χ3n) is 3.10. The Morgan fingerprint density at radius 2 is 1.96 bits per heavy atom. The molecule has 24 heavy (non-hydrogen) atoms. The van der Waals surface area contributed by atoms with E-state index in [0.717, 1.165) is 11.1 Å². The van der Waals surface area contributed by atoms with Gasteiger partial charge in [0.15, 0.2) is 16.6 Å². The number of ether oxygens (including phenoxy) is 2. The van der Waals surface area contributed by atoms with Gasteiger partial charge in [0, 0.05) is 7.05 Å². The lowest BCUT2D eigenvalue weighted by Gasteiger charge is -2.11. The van der Waals surface area contributed by atoms with Gasteiger partial charge in [0.1, 0.15) is 12.4 Å². The highest BCUT2D eigenvalue weighted by molar-refractivity contribution is 7.80. The number of nitrogens with one attached hydrogen (secondary N) is 2. The van der Waals surface area contributed by atoms with Crippen molar-refractivity contribution in [1.29, 1.82) is 0 Å². The van der Waals surface area contributed by atoms with Gasteiger partial charge in [-0.3, -0.25) is 5.43 Å². The molecule has 2 aromatic carbocycles. The van der Waals surface area contributed by atoms with E-state index in [-0.39, 0.29) is 5.82 Å². The predicted octanol–water partition coefficient (Wildman–Crippen LogP) is 2.84. The lowest BCUT2D eigenvalue weighted by molar-refractivity contribution is 0.284. The number of hydrazone groups is 1. The second-order valence-corrected chi connectivity index (χ2v) is 5.18. The highest BCUT2D eigenvalue weighted by Crippen LogP contribution is 2.28. The smallest absolute Gasteiger partial charge is 0.186 e. The van der Waals surface area contributed by atoms with E-state index >= 15 is 0 Å². The Bertz CT molecular complexity index is 720. The normalized spacial score (nSPS) is 10.5. The first-order valence-electron chi connectivity index (χ1n) is 7.18. The maximum Gasteiger partial charge on any atom is 0.186 e. The molecule has 5 nitrogen and oxygen atoms in total. The Morgan fingerprint density at radius 3 is 2.62 bits per heavy atom. The summed E-state index contributed by atoms with van der Waals surface area (Å²) in [5, 5.41) is 7.19. The largest absolute Gasteiger partial charge is 0.493 e. The minimum Gasteiger partial charge on any atom is -0.493 e. The van der Waals surface area contributed by atoms with Gasteiger partial charge < -0.3 is 14.8 Å². The minimum absolute atomic E-state index is 0.272. The summed E-state index contributed by atoms with van der Waals surface area (Å²) in [7, 11) is 3.27. The highest BCUT2D eigenvalue weighted by atomic mass is 32.1. The summed E-state index contributed by atoms with van der Waals surface area (Å²) in [5.74, 6) is 0.904. The summed E-state index contributed by atoms with van der Waals surface area (Å²) < 4.78 is 24.0. The molecule has 0 saturated heterocycles. The van der Waals surface area contributed by atoms with Crippen LogP contribution in [-0.2, 0) is 6.61 Å². The van der Waals surface area contributed by atoms with Crippen LogP contribution in [0.1, 0.15) is 11.1 Å². The molecule has 0 spiro atoms. The van der Waals surface area contributed by atoms with Crippen molar-refractivity contribution >= 4 is 23.5 Å². The van der Waals surface area contributed by atoms with Crippen LogP contribution in [0.15, 0.2) is 47.6 Å². The number of benzene rings is 2. The average molecular weight is 347 g/mol. The molecular weight excluding hydrogens is 329 g/mol. The van der Waals surface area contributed by atoms with E-state index < -0.39 is 0 Å². The van der Waals surface area contributed by atoms with Gasteiger partial charge in [0.05, 0.1) is 13.3 Å². The van der Waals surface area contributed by atoms with Crippen molar-refractivity contribution in [3.05, 3.63) is 59.4 Å². The Morgan fingerprint density at radius 1 is 1.21 bits per heavy atom. The molecule has 0 aromatic heterocycles. The van der Waals surface area contributed by atoms with Crippen molar-refractivity contribution in [2.45, 2.75) is 6.61 Å². The molecule has 2 aromatic rings. The van der Waals surface area contributed by atoms with Crippen LogP contribution >= 0.6 is 12.2 Å². The minimum atomic E-state index is -0.272. The summed E-state index contributed by atoms with van der Waals surface area (Å²) in [6.07, 6.45) is 1.62. The number of methoxy groups -OCH3 is 1. The summed E-state index contributed by atoms with van der Waals surface area (Å²) in [5.41, 5.74) is 4.37. The molecule has 0 fully saturated rings. The predicted molar refractivity (Wildman–Crippen MR) is 96.1 cm³/mol. The number of hydrogen-bond donors (Lipinski definition) is 2. The number of nitrogens with zero attached hydrogens (tertiary/aromatic N) is 1. The van der Waals surface area contributed by atoms with E-state index in [1.54, 1.807) is 44.6 Å². The Labute approximate surface area is 145 Å². The van der Waals surface area contributed by atoms with Crippen molar-refractivity contribution in [3.63, 3.8) is 0 Å². The van der Waals surface area contributed by atoms with Gasteiger partial charge in [-0.15, -0.1) is 0 Å². The van der Waals surface area contributed by atoms with Gasteiger partial charge in [-0.25, -0.2) is 4.39 Å². The maximum atomic E-state index is 12.9. The van der Waals surface area contributed by atoms with E-state index in [0.29, 0.717) is 23.2 Å². The van der Waals surface area contributed by atoms with Crippen LogP contribution < -0.4 is 20.2 Å². The number of thiocarbonyl (C=S) groups is 1. The molecule has 0 bridgehead atoms. The van der Waals surface area contributed by atoms with Gasteiger partial charge in [0.25, 0.3) is 0 Å². The summed E-state index contributed by atoms with van der Waals surface area (Å²) in [6.45, 7) is 0.321. The topological polar surface area (TPSA) is 54.9 Å². The van der Waals surface area contributed by atoms with Gasteiger partial charge in [-0.05, 0) is 53.7 Å². The quantitative estimate of drug-likeness (QED) is 0.478. The Kier molecular flexibility index (Phi) is 6.51. The van der Waals surface area contributed by atoms with Crippen LogP contribution in [0, 0.1) is 5.82 Å². The fraction of sp³-hybridized carbons (Fsp3) is 0.176. The van der Waals surface area contributed by atoms with Crippen LogP contribution in [0.3, 0.4) is 0 Å². The van der Waals surface area contributed by atoms with Crippen LogP contribution in [0.2, 0.25) is 0 Å². The SMILES string of the molecule is CNC(=S)N/N=C\c1ccc(OCc2ccc(F)cc2)c(OC)c1. The van der Waals surface area contributed by atoms with Crippen LogP contribution in [0.25, 0.3) is 0 Å². The molecule has 0 atom stereocenters. The van der Waals surface area contributed by atoms with E-state index in [4.69, 9.17) is 21.7 Å². The molecular formula is C17H18FN3O2S. The summed E-state index contributed by atoms with van der Waals surface area (Å²) in [6, 6.07) is 11.6. The lowest BCUT2D eigenvalue weighted by Crippen LogP contribution is -2.28. The maximum absolute atomic E-state index is 12.9. The van der Waals surface area contributed by atoms with Crippen LogP contribution in [0.5, 0.6) is 11.5 Å². The Balaban J connectivity index is 2.02. The molecule has 2 N–H and O–H groups in total. The number of rotatable bonds is 6. The molecule has 0 aliphatic carbocycles. The van der Waals surface area contributed by atoms with Gasteiger partial charge in [0.2, 0.25) is 0 Å². The third kappa shape index (κ3) is 5.20. The first-order chi connectivity index (χ1) is 11.6. The second kappa shape index (κ2) is 8.83. The summed E-state index contributed by atoms with van der Waals surface area (Å²) >= 11 is 4.92. The van der Waals surface area contributed by atoms with Crippen molar-refractivity contribution in [1.82, 2.24) is 10.7 Å². The van der Waals surface area contributed by atoms with Crippen LogP contribution in [-0.4, -0.2) is 25.5 Å². The average Bonchev–Trinajstić information content (AvgIpc) is 2.61. The molecule has 0 amide bonds. The van der Waals surface area contributed by atoms with Gasteiger partial charge in [-0.2, -0.15) is 5.10 Å². The van der Waals surface area contributed by atoms with E-state index in [2.05, 4.69) is 15.8 Å². The molecule has 2 rings (SSSR count). The molecule has 7 heteroatoms. The fourth-order valence-corrected chi connectivity index (χ4v) is 1.90. The molecule has 126 valence electrons. The van der Waals surface area contributed by atoms with Crippen LogP contribution in [0.4, 0.5) is 4.39 Å². The monoisotopic (exact) mass is 347 g/mol. The van der Waals surface area contributed by atoms with Crippen molar-refractivity contribution in [3.8, 4) is 11.5 Å². The van der Waals surface area contributed by atoms with E-state index in [1.165, 1.54) is 12.1 Å². The number of halogens is 1. The zero-order valence-electron chi connectivity index (χ0n) is 13.4. The summed E-state index contributed by atoms with van der Waals surface area (Å²) in [4.78, 5) is 0. The molecule has 0 unspecified atom stereocenters. The second-order valence-electron chi connectivity index (χ2n) is 4.77. The molecule has 0 saturated carbocycles. The molecule has 0 radical (unpaired) electrons. The fourth-order valence-electron chi connectivity index (χ4n) is 1.85. The van der Waals surface area contributed by atoms with E-state index in [9.17, 15) is 4.39 Å².